The van der Waals surface area contributed by atoms with Crippen LogP contribution in [0.5, 0.6) is 17.2 Å². The number of nitrogens with zero attached hydrogens (tertiary/aromatic N) is 1. The molecule has 0 saturated heterocycles. The Morgan fingerprint density at radius 3 is 2.58 bits per heavy atom. The first-order valence-corrected chi connectivity index (χ1v) is 6.14. The maximum absolute atomic E-state index is 10.2. The zero-order valence-corrected chi connectivity index (χ0v) is 10.1. The van der Waals surface area contributed by atoms with Crippen LogP contribution in [-0.2, 0) is 12.8 Å². The van der Waals surface area contributed by atoms with E-state index in [1.807, 2.05) is 0 Å². The predicted octanol–water partition coefficient (Wildman–Crippen LogP) is 1.50. The van der Waals surface area contributed by atoms with Gasteiger partial charge in [0.05, 0.1) is 18.8 Å². The van der Waals surface area contributed by atoms with Gasteiger partial charge in [-0.05, 0) is 0 Å². The number of phenolic OH excluding ortho intramolecular Hbond substituents is 1. The Hall–Kier alpha value is -2.37. The van der Waals surface area contributed by atoms with Crippen LogP contribution in [0.2, 0.25) is 0 Å². The predicted molar refractivity (Wildman–Crippen MR) is 66.4 cm³/mol. The molecule has 0 atom stereocenters. The number of hydrogen-bond acceptors (Lipinski definition) is 6. The molecule has 0 fully saturated rings. The van der Waals surface area contributed by atoms with Crippen molar-refractivity contribution in [2.75, 3.05) is 18.9 Å². The minimum Gasteiger partial charge on any atom is -0.504 e. The summed E-state index contributed by atoms with van der Waals surface area (Å²) in [5.74, 6) is 2.27. The van der Waals surface area contributed by atoms with Crippen LogP contribution in [0.1, 0.15) is 11.1 Å². The number of rotatable bonds is 1. The lowest BCUT2D eigenvalue weighted by Crippen LogP contribution is -1.92. The third-order valence-electron chi connectivity index (χ3n) is 3.55. The number of nitrogen functional groups attached to an aromatic ring is 1. The highest BCUT2D eigenvalue weighted by molar-refractivity contribution is 5.80. The van der Waals surface area contributed by atoms with E-state index >= 15 is 0 Å². The summed E-state index contributed by atoms with van der Waals surface area (Å²) in [6.45, 7) is 1.09. The molecular weight excluding hydrogens is 248 g/mol. The zero-order chi connectivity index (χ0) is 13.0. The summed E-state index contributed by atoms with van der Waals surface area (Å²) >= 11 is 0. The molecule has 98 valence electrons. The summed E-state index contributed by atoms with van der Waals surface area (Å²) in [5, 5.41) is 13.9. The van der Waals surface area contributed by atoms with Gasteiger partial charge in [-0.15, -0.1) is 0 Å². The van der Waals surface area contributed by atoms with Crippen LogP contribution in [0.15, 0.2) is 10.6 Å². The smallest absolute Gasteiger partial charge is 0.173 e. The molecule has 2 aliphatic heterocycles. The second-order valence-corrected chi connectivity index (χ2v) is 4.65. The van der Waals surface area contributed by atoms with E-state index in [9.17, 15) is 5.11 Å². The number of benzene rings is 1. The molecule has 6 heteroatoms. The molecule has 0 radical (unpaired) electrons. The molecule has 1 aromatic carbocycles. The van der Waals surface area contributed by atoms with E-state index in [2.05, 4.69) is 5.16 Å². The third kappa shape index (κ3) is 1.34. The highest BCUT2D eigenvalue weighted by atomic mass is 16.5. The van der Waals surface area contributed by atoms with Crippen molar-refractivity contribution in [1.82, 2.24) is 5.16 Å². The van der Waals surface area contributed by atoms with Crippen LogP contribution in [0.25, 0.3) is 11.3 Å². The minimum absolute atomic E-state index is 0.191. The van der Waals surface area contributed by atoms with Gasteiger partial charge in [-0.25, -0.2) is 0 Å². The van der Waals surface area contributed by atoms with Crippen LogP contribution in [0.4, 0.5) is 5.82 Å². The molecule has 0 amide bonds. The molecule has 2 aliphatic rings. The standard InChI is InChI=1S/C13H12N2O4/c14-9-5-8(19-15-9)10-6-1-3-18-13(6)11(16)7-2-4-17-12(7)10/h5,16H,1-4H2,(H2,14,15). The first kappa shape index (κ1) is 10.5. The van der Waals surface area contributed by atoms with Crippen molar-refractivity contribution in [3.8, 4) is 28.6 Å². The molecule has 0 bridgehead atoms. The van der Waals surface area contributed by atoms with Crippen LogP contribution in [0, 0.1) is 0 Å². The molecule has 0 unspecified atom stereocenters. The van der Waals surface area contributed by atoms with E-state index in [4.69, 9.17) is 19.7 Å². The Kier molecular flexibility index (Phi) is 1.98. The van der Waals surface area contributed by atoms with Crippen LogP contribution < -0.4 is 15.2 Å². The average Bonchev–Trinajstić information content (AvgIpc) is 3.09. The number of fused-ring (bicyclic) bond motifs is 2. The Morgan fingerprint density at radius 2 is 1.84 bits per heavy atom. The van der Waals surface area contributed by atoms with E-state index in [1.165, 1.54) is 0 Å². The maximum atomic E-state index is 10.2. The summed E-state index contributed by atoms with van der Waals surface area (Å²) in [4.78, 5) is 0. The average molecular weight is 260 g/mol. The van der Waals surface area contributed by atoms with E-state index < -0.39 is 0 Å². The molecule has 6 nitrogen and oxygen atoms in total. The molecule has 0 spiro atoms. The van der Waals surface area contributed by atoms with Gasteiger partial charge in [0.25, 0.3) is 0 Å². The Balaban J connectivity index is 2.05. The van der Waals surface area contributed by atoms with Gasteiger partial charge in [-0.1, -0.05) is 5.16 Å². The molecule has 1 aromatic heterocycles. The monoisotopic (exact) mass is 260 g/mol. The fourth-order valence-corrected chi connectivity index (χ4v) is 2.75. The van der Waals surface area contributed by atoms with Crippen molar-refractivity contribution in [3.05, 3.63) is 17.2 Å². The van der Waals surface area contributed by atoms with Crippen molar-refractivity contribution < 1.29 is 19.1 Å². The van der Waals surface area contributed by atoms with Crippen LogP contribution in [0.3, 0.4) is 0 Å². The number of phenols is 1. The summed E-state index contributed by atoms with van der Waals surface area (Å²) < 4.78 is 16.4. The molecule has 2 aromatic rings. The highest BCUT2D eigenvalue weighted by Gasteiger charge is 2.33. The first-order valence-electron chi connectivity index (χ1n) is 6.14. The van der Waals surface area contributed by atoms with E-state index in [0.29, 0.717) is 49.1 Å². The van der Waals surface area contributed by atoms with Gasteiger partial charge in [0.1, 0.15) is 5.75 Å². The molecule has 4 rings (SSSR count). The molecule has 3 heterocycles. The number of aromatic nitrogens is 1. The van der Waals surface area contributed by atoms with Gasteiger partial charge in [0.2, 0.25) is 0 Å². The van der Waals surface area contributed by atoms with Gasteiger partial charge in [0.15, 0.2) is 23.1 Å². The van der Waals surface area contributed by atoms with Crippen molar-refractivity contribution in [2.24, 2.45) is 0 Å². The Labute approximate surface area is 108 Å². The van der Waals surface area contributed by atoms with E-state index in [1.54, 1.807) is 6.07 Å². The first-order chi connectivity index (χ1) is 9.25. The van der Waals surface area contributed by atoms with Crippen LogP contribution in [-0.4, -0.2) is 23.5 Å². The SMILES string of the molecule is Nc1cc(-c2c3c(c(O)c4c2OCC4)OCC3)on1. The summed E-state index contributed by atoms with van der Waals surface area (Å²) in [5.41, 5.74) is 8.08. The van der Waals surface area contributed by atoms with E-state index in [0.717, 1.165) is 16.7 Å². The van der Waals surface area contributed by atoms with Crippen molar-refractivity contribution in [3.63, 3.8) is 0 Å². The summed E-state index contributed by atoms with van der Waals surface area (Å²) in [7, 11) is 0. The normalized spacial score (nSPS) is 15.8. The number of hydrogen-bond donors (Lipinski definition) is 2. The lowest BCUT2D eigenvalue weighted by Gasteiger charge is -2.12. The lowest BCUT2D eigenvalue weighted by molar-refractivity contribution is 0.333. The third-order valence-corrected chi connectivity index (χ3v) is 3.55. The summed E-state index contributed by atoms with van der Waals surface area (Å²) in [6.07, 6.45) is 1.36. The zero-order valence-electron chi connectivity index (χ0n) is 10.1. The quantitative estimate of drug-likeness (QED) is 0.807. The van der Waals surface area contributed by atoms with Gasteiger partial charge < -0.3 is 24.8 Å². The van der Waals surface area contributed by atoms with Crippen molar-refractivity contribution in [1.29, 1.82) is 0 Å². The molecule has 0 saturated carbocycles. The van der Waals surface area contributed by atoms with Gasteiger partial charge in [-0.3, -0.25) is 0 Å². The largest absolute Gasteiger partial charge is 0.504 e. The number of ether oxygens (including phenoxy) is 2. The lowest BCUT2D eigenvalue weighted by atomic mass is 9.97. The molecule has 19 heavy (non-hydrogen) atoms. The Morgan fingerprint density at radius 1 is 1.11 bits per heavy atom. The van der Waals surface area contributed by atoms with Crippen molar-refractivity contribution >= 4 is 5.82 Å². The second-order valence-electron chi connectivity index (χ2n) is 4.65. The fraction of sp³-hybridized carbons (Fsp3) is 0.308. The minimum atomic E-state index is 0.191. The number of aromatic hydroxyl groups is 1. The number of anilines is 1. The van der Waals surface area contributed by atoms with Crippen molar-refractivity contribution in [2.45, 2.75) is 12.8 Å². The Bertz CT molecular complexity index is 643. The maximum Gasteiger partial charge on any atom is 0.173 e. The second kappa shape index (κ2) is 3.57. The fourth-order valence-electron chi connectivity index (χ4n) is 2.75. The molecule has 0 aliphatic carbocycles. The summed E-state index contributed by atoms with van der Waals surface area (Å²) in [6, 6.07) is 1.66. The molecular formula is C13H12N2O4. The highest BCUT2D eigenvalue weighted by Crippen LogP contribution is 2.52. The molecule has 3 N–H and O–H groups in total. The number of nitrogens with two attached hydrogens (primary N) is 1. The van der Waals surface area contributed by atoms with Gasteiger partial charge in [-0.2, -0.15) is 0 Å². The van der Waals surface area contributed by atoms with Gasteiger partial charge in [0, 0.05) is 30.0 Å². The van der Waals surface area contributed by atoms with E-state index in [-0.39, 0.29) is 5.75 Å². The topological polar surface area (TPSA) is 90.7 Å². The van der Waals surface area contributed by atoms with Gasteiger partial charge >= 0.3 is 0 Å². The van der Waals surface area contributed by atoms with Crippen LogP contribution >= 0.6 is 0 Å².